The number of aliphatic imine (C=N–C) groups is 1. The Hall–Kier alpha value is -3.74. The number of fused-ring (bicyclic) bond motifs is 1. The SMILES string of the molecule is C=CNC(=C)/N=C\C=C(\c1ncc(Nc2ccccn2)c2c1CNC2=O)C(C)C. The Kier molecular flexibility index (Phi) is 6.19. The lowest BCUT2D eigenvalue weighted by molar-refractivity contribution is 0.0966. The monoisotopic (exact) mass is 388 g/mol. The number of aromatic nitrogens is 2. The molecule has 0 fully saturated rings. The van der Waals surface area contributed by atoms with E-state index < -0.39 is 0 Å². The Morgan fingerprint density at radius 2 is 2.17 bits per heavy atom. The van der Waals surface area contributed by atoms with Crippen LogP contribution in [-0.2, 0) is 6.54 Å². The van der Waals surface area contributed by atoms with Gasteiger partial charge in [0.25, 0.3) is 5.91 Å². The lowest BCUT2D eigenvalue weighted by Gasteiger charge is -2.16. The van der Waals surface area contributed by atoms with Gasteiger partial charge in [0.15, 0.2) is 0 Å². The van der Waals surface area contributed by atoms with Crippen LogP contribution in [0.5, 0.6) is 0 Å². The summed E-state index contributed by atoms with van der Waals surface area (Å²) in [6.07, 6.45) is 8.47. The molecule has 0 bridgehead atoms. The molecule has 0 saturated heterocycles. The second kappa shape index (κ2) is 8.97. The lowest BCUT2D eigenvalue weighted by atomic mass is 9.94. The highest BCUT2D eigenvalue weighted by Gasteiger charge is 2.28. The summed E-state index contributed by atoms with van der Waals surface area (Å²) in [6, 6.07) is 5.56. The number of anilines is 2. The quantitative estimate of drug-likeness (QED) is 0.599. The number of pyridine rings is 2. The van der Waals surface area contributed by atoms with E-state index in [1.807, 2.05) is 24.3 Å². The summed E-state index contributed by atoms with van der Waals surface area (Å²) in [4.78, 5) is 25.7. The fourth-order valence-corrected chi connectivity index (χ4v) is 3.07. The van der Waals surface area contributed by atoms with Crippen LogP contribution in [0.3, 0.4) is 0 Å². The summed E-state index contributed by atoms with van der Waals surface area (Å²) >= 11 is 0. The minimum Gasteiger partial charge on any atom is -0.348 e. The van der Waals surface area contributed by atoms with Gasteiger partial charge >= 0.3 is 0 Å². The maximum absolute atomic E-state index is 12.5. The first-order valence-corrected chi connectivity index (χ1v) is 9.30. The van der Waals surface area contributed by atoms with Crippen LogP contribution < -0.4 is 16.0 Å². The minimum absolute atomic E-state index is 0.123. The standard InChI is InChI=1S/C22H24N6O/c1-5-23-15(4)24-11-9-16(14(2)3)21-17-12-27-22(29)20(17)18(13-26-21)28-19-8-6-7-10-25-19/h5-11,13-14,23H,1,4,12H2,2-3H3,(H,25,28)(H,27,29)/b16-9+,24-11-. The van der Waals surface area contributed by atoms with Crippen LogP contribution in [-0.4, -0.2) is 22.1 Å². The van der Waals surface area contributed by atoms with Crippen molar-refractivity contribution in [1.29, 1.82) is 0 Å². The topological polar surface area (TPSA) is 91.3 Å². The first kappa shape index (κ1) is 20.0. The zero-order chi connectivity index (χ0) is 20.8. The van der Waals surface area contributed by atoms with Crippen molar-refractivity contribution < 1.29 is 4.79 Å². The molecule has 7 nitrogen and oxygen atoms in total. The van der Waals surface area contributed by atoms with Crippen LogP contribution >= 0.6 is 0 Å². The largest absolute Gasteiger partial charge is 0.348 e. The van der Waals surface area contributed by atoms with Crippen molar-refractivity contribution in [3.8, 4) is 0 Å². The predicted molar refractivity (Wildman–Crippen MR) is 117 cm³/mol. The molecule has 0 atom stereocenters. The Labute approximate surface area is 170 Å². The van der Waals surface area contributed by atoms with E-state index in [4.69, 9.17) is 0 Å². The number of allylic oxidation sites excluding steroid dienone is 2. The van der Waals surface area contributed by atoms with Gasteiger partial charge in [-0.1, -0.05) is 33.1 Å². The van der Waals surface area contributed by atoms with E-state index >= 15 is 0 Å². The average molecular weight is 388 g/mol. The Morgan fingerprint density at radius 3 is 2.86 bits per heavy atom. The van der Waals surface area contributed by atoms with Gasteiger partial charge < -0.3 is 16.0 Å². The second-order valence-electron chi connectivity index (χ2n) is 6.75. The maximum atomic E-state index is 12.5. The molecule has 7 heteroatoms. The summed E-state index contributed by atoms with van der Waals surface area (Å²) < 4.78 is 0. The van der Waals surface area contributed by atoms with Gasteiger partial charge in [0, 0.05) is 24.5 Å². The van der Waals surface area contributed by atoms with Crippen molar-refractivity contribution in [3.63, 3.8) is 0 Å². The number of carbonyl (C=O) groups is 1. The van der Waals surface area contributed by atoms with Crippen LogP contribution in [0.25, 0.3) is 5.57 Å². The Balaban J connectivity index is 1.99. The van der Waals surface area contributed by atoms with Gasteiger partial charge in [0.05, 0.1) is 23.1 Å². The van der Waals surface area contributed by atoms with Gasteiger partial charge in [0.2, 0.25) is 0 Å². The number of hydrogen-bond acceptors (Lipinski definition) is 6. The molecule has 0 spiro atoms. The molecule has 148 valence electrons. The van der Waals surface area contributed by atoms with Crippen molar-refractivity contribution in [2.45, 2.75) is 20.4 Å². The molecule has 1 aliphatic rings. The molecule has 2 aromatic heterocycles. The minimum atomic E-state index is -0.123. The van der Waals surface area contributed by atoms with E-state index in [1.165, 1.54) is 6.20 Å². The van der Waals surface area contributed by atoms with Crippen LogP contribution in [0.4, 0.5) is 11.5 Å². The Morgan fingerprint density at radius 1 is 1.34 bits per heavy atom. The molecule has 0 radical (unpaired) electrons. The van der Waals surface area contributed by atoms with E-state index in [2.05, 4.69) is 57.9 Å². The molecule has 3 heterocycles. The summed E-state index contributed by atoms with van der Waals surface area (Å²) in [5, 5.41) is 8.92. The molecule has 0 aliphatic carbocycles. The maximum Gasteiger partial charge on any atom is 0.254 e. The van der Waals surface area contributed by atoms with Gasteiger partial charge in [0.1, 0.15) is 11.6 Å². The summed E-state index contributed by atoms with van der Waals surface area (Å²) in [7, 11) is 0. The highest BCUT2D eigenvalue weighted by molar-refractivity contribution is 6.05. The molecule has 1 amide bonds. The Bertz CT molecular complexity index is 992. The normalized spacial score (nSPS) is 13.3. The molecule has 2 aromatic rings. The zero-order valence-electron chi connectivity index (χ0n) is 16.6. The van der Waals surface area contributed by atoms with E-state index in [0.717, 1.165) is 16.8 Å². The molecule has 3 rings (SSSR count). The van der Waals surface area contributed by atoms with Gasteiger partial charge in [-0.05, 0) is 35.9 Å². The highest BCUT2D eigenvalue weighted by atomic mass is 16.1. The zero-order valence-corrected chi connectivity index (χ0v) is 16.6. The molecule has 1 aliphatic heterocycles. The third-order valence-corrected chi connectivity index (χ3v) is 4.41. The third kappa shape index (κ3) is 4.57. The number of rotatable bonds is 8. The summed E-state index contributed by atoms with van der Waals surface area (Å²) in [6.45, 7) is 12.0. The number of nitrogens with one attached hydrogen (secondary N) is 3. The van der Waals surface area contributed by atoms with Crippen molar-refractivity contribution >= 4 is 29.2 Å². The van der Waals surface area contributed by atoms with Crippen molar-refractivity contribution in [1.82, 2.24) is 20.6 Å². The smallest absolute Gasteiger partial charge is 0.254 e. The molecule has 0 unspecified atom stereocenters. The van der Waals surface area contributed by atoms with E-state index in [-0.39, 0.29) is 11.8 Å². The van der Waals surface area contributed by atoms with Crippen LogP contribution in [0.1, 0.15) is 35.5 Å². The van der Waals surface area contributed by atoms with E-state index in [0.29, 0.717) is 29.4 Å². The van der Waals surface area contributed by atoms with Crippen LogP contribution in [0.2, 0.25) is 0 Å². The van der Waals surface area contributed by atoms with Crippen molar-refractivity contribution in [2.24, 2.45) is 10.9 Å². The first-order chi connectivity index (χ1) is 14.0. The van der Waals surface area contributed by atoms with Gasteiger partial charge in [-0.2, -0.15) is 0 Å². The molecule has 29 heavy (non-hydrogen) atoms. The first-order valence-electron chi connectivity index (χ1n) is 9.30. The highest BCUT2D eigenvalue weighted by Crippen LogP contribution is 2.33. The van der Waals surface area contributed by atoms with Crippen molar-refractivity contribution in [3.05, 3.63) is 78.7 Å². The molecular weight excluding hydrogens is 364 g/mol. The van der Waals surface area contributed by atoms with Gasteiger partial charge in [-0.25, -0.2) is 9.98 Å². The van der Waals surface area contributed by atoms with Gasteiger partial charge in [-0.15, -0.1) is 0 Å². The van der Waals surface area contributed by atoms with Crippen LogP contribution in [0.15, 0.2) is 66.8 Å². The third-order valence-electron chi connectivity index (χ3n) is 4.41. The summed E-state index contributed by atoms with van der Waals surface area (Å²) in [5.74, 6) is 1.21. The second-order valence-corrected chi connectivity index (χ2v) is 6.75. The predicted octanol–water partition coefficient (Wildman–Crippen LogP) is 3.78. The van der Waals surface area contributed by atoms with Gasteiger partial charge in [-0.3, -0.25) is 9.78 Å². The molecular formula is C22H24N6O. The molecule has 0 saturated carbocycles. The number of amides is 1. The van der Waals surface area contributed by atoms with Crippen molar-refractivity contribution in [2.75, 3.05) is 5.32 Å². The number of nitrogens with zero attached hydrogens (tertiary/aromatic N) is 3. The average Bonchev–Trinajstić information content (AvgIpc) is 3.09. The molecule has 0 aromatic carbocycles. The fraction of sp³-hybridized carbons (Fsp3) is 0.182. The fourth-order valence-electron chi connectivity index (χ4n) is 3.07. The number of carbonyl (C=O) groups excluding carboxylic acids is 1. The number of hydrogen-bond donors (Lipinski definition) is 3. The van der Waals surface area contributed by atoms with Crippen LogP contribution in [0, 0.1) is 5.92 Å². The molecule has 3 N–H and O–H groups in total. The summed E-state index contributed by atoms with van der Waals surface area (Å²) in [5.41, 5.74) is 3.87. The van der Waals surface area contributed by atoms with E-state index in [1.54, 1.807) is 18.6 Å². The van der Waals surface area contributed by atoms with E-state index in [9.17, 15) is 4.79 Å². The lowest BCUT2D eigenvalue weighted by Crippen LogP contribution is -2.13.